The Morgan fingerprint density at radius 2 is 2.00 bits per heavy atom. The van der Waals surface area contributed by atoms with Gasteiger partial charge in [-0.2, -0.15) is 0 Å². The number of pyridine rings is 1. The lowest BCUT2D eigenvalue weighted by Crippen LogP contribution is -2.41. The third kappa shape index (κ3) is 5.59. The fourth-order valence-electron chi connectivity index (χ4n) is 1.77. The van der Waals surface area contributed by atoms with Crippen molar-refractivity contribution in [2.24, 2.45) is 0 Å². The molecule has 1 aromatic heterocycles. The first kappa shape index (κ1) is 17.2. The van der Waals surface area contributed by atoms with Gasteiger partial charge in [0.15, 0.2) is 0 Å². The highest BCUT2D eigenvalue weighted by atomic mass is 16.3. The Morgan fingerprint density at radius 3 is 2.48 bits per heavy atom. The number of rotatable bonds is 7. The summed E-state index contributed by atoms with van der Waals surface area (Å²) in [7, 11) is 0. The molecular formula is C15H26N4O2. The minimum Gasteiger partial charge on any atom is -0.388 e. The summed E-state index contributed by atoms with van der Waals surface area (Å²) in [5, 5.41) is 15.2. The normalized spacial score (nSPS) is 13.4. The van der Waals surface area contributed by atoms with Gasteiger partial charge >= 0.3 is 6.03 Å². The predicted octanol–water partition coefficient (Wildman–Crippen LogP) is 2.21. The van der Waals surface area contributed by atoms with E-state index in [1.54, 1.807) is 13.1 Å². The molecule has 0 aliphatic rings. The summed E-state index contributed by atoms with van der Waals surface area (Å²) in [6.45, 7) is 9.70. The van der Waals surface area contributed by atoms with E-state index in [-0.39, 0.29) is 12.6 Å². The molecule has 118 valence electrons. The molecule has 0 radical (unpaired) electrons. The van der Waals surface area contributed by atoms with Gasteiger partial charge in [-0.15, -0.1) is 0 Å². The van der Waals surface area contributed by atoms with Crippen LogP contribution in [0, 0.1) is 0 Å². The molecule has 3 N–H and O–H groups in total. The van der Waals surface area contributed by atoms with Crippen molar-refractivity contribution in [1.82, 2.24) is 10.3 Å². The Morgan fingerprint density at radius 1 is 1.33 bits per heavy atom. The molecule has 0 aliphatic heterocycles. The van der Waals surface area contributed by atoms with Crippen molar-refractivity contribution in [3.8, 4) is 0 Å². The van der Waals surface area contributed by atoms with Crippen LogP contribution in [-0.4, -0.2) is 41.4 Å². The molecule has 21 heavy (non-hydrogen) atoms. The number of urea groups is 1. The molecule has 1 aromatic rings. The number of nitrogens with zero attached hydrogens (tertiary/aromatic N) is 2. The zero-order chi connectivity index (χ0) is 15.9. The molecule has 6 heteroatoms. The molecule has 0 aliphatic carbocycles. The molecule has 0 fully saturated rings. The number of anilines is 2. The SMILES string of the molecule is CCN(CC)c1ccc(NC(=O)NCC(C)(O)CC)cn1. The molecule has 0 saturated heterocycles. The van der Waals surface area contributed by atoms with Crippen molar-refractivity contribution in [1.29, 1.82) is 0 Å². The maximum atomic E-state index is 11.7. The molecule has 1 atom stereocenters. The van der Waals surface area contributed by atoms with Crippen molar-refractivity contribution in [3.63, 3.8) is 0 Å². The van der Waals surface area contributed by atoms with Crippen molar-refractivity contribution >= 4 is 17.5 Å². The van der Waals surface area contributed by atoms with Gasteiger partial charge in [0, 0.05) is 19.6 Å². The molecule has 0 spiro atoms. The van der Waals surface area contributed by atoms with Crippen molar-refractivity contribution in [3.05, 3.63) is 18.3 Å². The van der Waals surface area contributed by atoms with Crippen molar-refractivity contribution < 1.29 is 9.90 Å². The standard InChI is InChI=1S/C15H26N4O2/c1-5-15(4,21)11-17-14(20)18-12-8-9-13(16-10-12)19(6-2)7-3/h8-10,21H,5-7,11H2,1-4H3,(H2,17,18,20). The van der Waals surface area contributed by atoms with E-state index >= 15 is 0 Å². The first-order valence-corrected chi connectivity index (χ1v) is 7.40. The van der Waals surface area contributed by atoms with Crippen molar-refractivity contribution in [2.45, 2.75) is 39.7 Å². The highest BCUT2D eigenvalue weighted by molar-refractivity contribution is 5.89. The van der Waals surface area contributed by atoms with Crippen LogP contribution >= 0.6 is 0 Å². The number of hydrogen-bond donors (Lipinski definition) is 3. The zero-order valence-electron chi connectivity index (χ0n) is 13.3. The van der Waals surface area contributed by atoms with Crippen LogP contribution < -0.4 is 15.5 Å². The van der Waals surface area contributed by atoms with Gasteiger partial charge in [0.25, 0.3) is 0 Å². The second-order valence-corrected chi connectivity index (χ2v) is 5.24. The van der Waals surface area contributed by atoms with Gasteiger partial charge in [-0.3, -0.25) is 0 Å². The van der Waals surface area contributed by atoms with E-state index in [9.17, 15) is 9.90 Å². The van der Waals surface area contributed by atoms with E-state index in [1.807, 2.05) is 19.1 Å². The third-order valence-electron chi connectivity index (χ3n) is 3.48. The van der Waals surface area contributed by atoms with Crippen LogP contribution in [0.5, 0.6) is 0 Å². The molecule has 1 heterocycles. The molecule has 1 rings (SSSR count). The van der Waals surface area contributed by atoms with Gasteiger partial charge in [0.1, 0.15) is 5.82 Å². The molecule has 2 amide bonds. The number of nitrogens with one attached hydrogen (secondary N) is 2. The first-order chi connectivity index (χ1) is 9.91. The van der Waals surface area contributed by atoms with Crippen LogP contribution in [0.25, 0.3) is 0 Å². The van der Waals surface area contributed by atoms with E-state index < -0.39 is 5.60 Å². The number of aromatic nitrogens is 1. The Bertz CT molecular complexity index is 441. The van der Waals surface area contributed by atoms with E-state index in [0.29, 0.717) is 12.1 Å². The van der Waals surface area contributed by atoms with Crippen LogP contribution in [0.1, 0.15) is 34.1 Å². The summed E-state index contributed by atoms with van der Waals surface area (Å²) >= 11 is 0. The second kappa shape index (κ2) is 7.83. The van der Waals surface area contributed by atoms with Gasteiger partial charge in [0.05, 0.1) is 17.5 Å². The van der Waals surface area contributed by atoms with Crippen LogP contribution in [0.4, 0.5) is 16.3 Å². The van der Waals surface area contributed by atoms with Crippen LogP contribution in [0.2, 0.25) is 0 Å². The van der Waals surface area contributed by atoms with Gasteiger partial charge in [-0.25, -0.2) is 9.78 Å². The molecule has 0 saturated carbocycles. The Kier molecular flexibility index (Phi) is 6.42. The van der Waals surface area contributed by atoms with Crippen LogP contribution in [0.15, 0.2) is 18.3 Å². The smallest absolute Gasteiger partial charge is 0.319 e. The summed E-state index contributed by atoms with van der Waals surface area (Å²) in [5.41, 5.74) is -0.262. The lowest BCUT2D eigenvalue weighted by atomic mass is 10.0. The Balaban J connectivity index is 2.54. The quantitative estimate of drug-likeness (QED) is 0.720. The minimum absolute atomic E-state index is 0.209. The lowest BCUT2D eigenvalue weighted by Gasteiger charge is -2.22. The summed E-state index contributed by atoms with van der Waals surface area (Å²) < 4.78 is 0. The average molecular weight is 294 g/mol. The molecular weight excluding hydrogens is 268 g/mol. The predicted molar refractivity (Wildman–Crippen MR) is 85.7 cm³/mol. The van der Waals surface area contributed by atoms with Crippen LogP contribution in [-0.2, 0) is 0 Å². The maximum Gasteiger partial charge on any atom is 0.319 e. The number of amides is 2. The largest absolute Gasteiger partial charge is 0.388 e. The van der Waals surface area contributed by atoms with Crippen LogP contribution in [0.3, 0.4) is 0 Å². The third-order valence-corrected chi connectivity index (χ3v) is 3.48. The summed E-state index contributed by atoms with van der Waals surface area (Å²) in [4.78, 5) is 18.2. The monoisotopic (exact) mass is 294 g/mol. The lowest BCUT2D eigenvalue weighted by molar-refractivity contribution is 0.0587. The highest BCUT2D eigenvalue weighted by Crippen LogP contribution is 2.13. The summed E-state index contributed by atoms with van der Waals surface area (Å²) in [6.07, 6.45) is 2.21. The minimum atomic E-state index is -0.887. The molecule has 0 aromatic carbocycles. The number of carbonyl (C=O) groups is 1. The molecule has 0 bridgehead atoms. The highest BCUT2D eigenvalue weighted by Gasteiger charge is 2.18. The first-order valence-electron chi connectivity index (χ1n) is 7.40. The molecule has 1 unspecified atom stereocenters. The van der Waals surface area contributed by atoms with Crippen molar-refractivity contribution in [2.75, 3.05) is 29.9 Å². The van der Waals surface area contributed by atoms with E-state index in [0.717, 1.165) is 18.9 Å². The van der Waals surface area contributed by atoms with Gasteiger partial charge < -0.3 is 20.6 Å². The second-order valence-electron chi connectivity index (χ2n) is 5.24. The number of aliphatic hydroxyl groups is 1. The summed E-state index contributed by atoms with van der Waals surface area (Å²) in [5.74, 6) is 0.889. The van der Waals surface area contributed by atoms with Gasteiger partial charge in [0.2, 0.25) is 0 Å². The molecule has 6 nitrogen and oxygen atoms in total. The summed E-state index contributed by atoms with van der Waals surface area (Å²) in [6, 6.07) is 3.35. The fourth-order valence-corrected chi connectivity index (χ4v) is 1.77. The topological polar surface area (TPSA) is 77.5 Å². The Hall–Kier alpha value is -1.82. The number of hydrogen-bond acceptors (Lipinski definition) is 4. The van der Waals surface area contributed by atoms with E-state index in [1.165, 1.54) is 0 Å². The van der Waals surface area contributed by atoms with Gasteiger partial charge in [-0.1, -0.05) is 6.92 Å². The van der Waals surface area contributed by atoms with E-state index in [4.69, 9.17) is 0 Å². The average Bonchev–Trinajstić information content (AvgIpc) is 2.48. The number of carbonyl (C=O) groups excluding carboxylic acids is 1. The maximum absolute atomic E-state index is 11.7. The van der Waals surface area contributed by atoms with E-state index in [2.05, 4.69) is 34.4 Å². The van der Waals surface area contributed by atoms with Gasteiger partial charge in [-0.05, 0) is 39.3 Å². The fraction of sp³-hybridized carbons (Fsp3) is 0.600. The Labute approximate surface area is 126 Å². The zero-order valence-corrected chi connectivity index (χ0v) is 13.3.